The van der Waals surface area contributed by atoms with Gasteiger partial charge in [0.15, 0.2) is 6.29 Å². The van der Waals surface area contributed by atoms with Crippen LogP contribution in [0.3, 0.4) is 0 Å². The minimum atomic E-state index is -2.90. The lowest BCUT2D eigenvalue weighted by molar-refractivity contribution is -0.270. The molecule has 6 heteroatoms. The summed E-state index contributed by atoms with van der Waals surface area (Å²) in [7, 11) is -2.90. The van der Waals surface area contributed by atoms with E-state index in [4.69, 9.17) is 13.9 Å². The molecule has 4 rings (SSSR count). The van der Waals surface area contributed by atoms with Crippen LogP contribution in [0.2, 0.25) is 5.04 Å². The highest BCUT2D eigenvalue weighted by atomic mass is 28.4. The van der Waals surface area contributed by atoms with Gasteiger partial charge in [-0.25, -0.2) is 0 Å². The Labute approximate surface area is 215 Å². The summed E-state index contributed by atoms with van der Waals surface area (Å²) in [5, 5.41) is 23.2. The standard InChI is InChI=1S/C30H38O5Si/c1-22-28(33-21-23-14-8-5-9-15-23)27(32)26(20-31)34-29(22)35-36(30(2,3)4,24-16-10-6-11-17-24)25-18-12-7-13-19-25/h5-19,22,26-29,31-32H,20-21H2,1-4H3/t22?,26?,27-,28+,29-/m0/s1. The van der Waals surface area contributed by atoms with Gasteiger partial charge in [-0.1, -0.05) is 119 Å². The summed E-state index contributed by atoms with van der Waals surface area (Å²) < 4.78 is 19.7. The van der Waals surface area contributed by atoms with Crippen molar-refractivity contribution in [1.29, 1.82) is 0 Å². The lowest BCUT2D eigenvalue weighted by Crippen LogP contribution is -2.70. The minimum Gasteiger partial charge on any atom is -0.394 e. The molecule has 5 atom stereocenters. The minimum absolute atomic E-state index is 0.232. The molecule has 2 unspecified atom stereocenters. The van der Waals surface area contributed by atoms with Crippen molar-refractivity contribution in [2.75, 3.05) is 6.61 Å². The first-order chi connectivity index (χ1) is 17.3. The van der Waals surface area contributed by atoms with Gasteiger partial charge in [0, 0.05) is 5.92 Å². The Bertz CT molecular complexity index is 1030. The number of rotatable bonds is 8. The Hall–Kier alpha value is -2.32. The summed E-state index contributed by atoms with van der Waals surface area (Å²) in [6, 6.07) is 30.7. The zero-order valence-corrected chi connectivity index (χ0v) is 22.6. The number of aliphatic hydroxyl groups excluding tert-OH is 2. The van der Waals surface area contributed by atoms with Crippen LogP contribution in [0, 0.1) is 5.92 Å². The van der Waals surface area contributed by atoms with Crippen molar-refractivity contribution in [3.05, 3.63) is 96.6 Å². The Balaban J connectivity index is 1.72. The summed E-state index contributed by atoms with van der Waals surface area (Å²) in [6.07, 6.45) is -2.99. The van der Waals surface area contributed by atoms with Crippen LogP contribution in [-0.4, -0.2) is 49.7 Å². The van der Waals surface area contributed by atoms with Gasteiger partial charge in [0.05, 0.1) is 19.3 Å². The Morgan fingerprint density at radius 3 is 1.81 bits per heavy atom. The molecule has 2 N–H and O–H groups in total. The molecular formula is C30H38O5Si. The topological polar surface area (TPSA) is 68.2 Å². The fraction of sp³-hybridized carbons (Fsp3) is 0.400. The Morgan fingerprint density at radius 1 is 0.833 bits per heavy atom. The van der Waals surface area contributed by atoms with Crippen LogP contribution in [0.25, 0.3) is 0 Å². The SMILES string of the molecule is CC1[C@H](O[Si](c2ccccc2)(c2ccccc2)C(C)(C)C)OC(CO)[C@H](O)[C@@H]1OCc1ccccc1. The first-order valence-corrected chi connectivity index (χ1v) is 14.6. The van der Waals surface area contributed by atoms with Crippen LogP contribution in [-0.2, 0) is 20.5 Å². The van der Waals surface area contributed by atoms with E-state index in [-0.39, 0.29) is 17.6 Å². The maximum absolute atomic E-state index is 11.0. The van der Waals surface area contributed by atoms with E-state index in [1.807, 2.05) is 73.7 Å². The van der Waals surface area contributed by atoms with Gasteiger partial charge in [-0.05, 0) is 21.0 Å². The third kappa shape index (κ3) is 5.35. The van der Waals surface area contributed by atoms with Crippen molar-refractivity contribution >= 4 is 18.7 Å². The van der Waals surface area contributed by atoms with Gasteiger partial charge in [-0.15, -0.1) is 0 Å². The first kappa shape index (κ1) is 26.7. The number of aliphatic hydroxyl groups is 2. The molecule has 3 aromatic rings. The lowest BCUT2D eigenvalue weighted by Gasteiger charge is -2.50. The van der Waals surface area contributed by atoms with E-state index in [0.29, 0.717) is 6.61 Å². The van der Waals surface area contributed by atoms with Gasteiger partial charge in [-0.3, -0.25) is 0 Å². The van der Waals surface area contributed by atoms with Crippen LogP contribution in [0.4, 0.5) is 0 Å². The predicted molar refractivity (Wildman–Crippen MR) is 145 cm³/mol. The molecule has 0 amide bonds. The van der Waals surface area contributed by atoms with Crippen LogP contribution >= 0.6 is 0 Å². The zero-order chi connectivity index (χ0) is 25.8. The molecule has 5 nitrogen and oxygen atoms in total. The second-order valence-electron chi connectivity index (χ2n) is 10.6. The number of ether oxygens (including phenoxy) is 2. The van der Waals surface area contributed by atoms with Crippen molar-refractivity contribution in [1.82, 2.24) is 0 Å². The zero-order valence-electron chi connectivity index (χ0n) is 21.6. The van der Waals surface area contributed by atoms with Gasteiger partial charge in [0.1, 0.15) is 12.2 Å². The fourth-order valence-corrected chi connectivity index (χ4v) is 9.86. The van der Waals surface area contributed by atoms with E-state index in [2.05, 4.69) is 45.0 Å². The van der Waals surface area contributed by atoms with E-state index in [9.17, 15) is 10.2 Å². The van der Waals surface area contributed by atoms with Crippen molar-refractivity contribution in [3.8, 4) is 0 Å². The van der Waals surface area contributed by atoms with Crippen LogP contribution < -0.4 is 10.4 Å². The normalized spacial score (nSPS) is 25.0. The molecule has 192 valence electrons. The maximum atomic E-state index is 11.0. The quantitative estimate of drug-likeness (QED) is 0.454. The molecule has 1 heterocycles. The molecule has 0 spiro atoms. The average molecular weight is 507 g/mol. The van der Waals surface area contributed by atoms with Gasteiger partial charge < -0.3 is 24.1 Å². The molecule has 3 aromatic carbocycles. The highest BCUT2D eigenvalue weighted by molar-refractivity contribution is 6.99. The molecular weight excluding hydrogens is 468 g/mol. The third-order valence-corrected chi connectivity index (χ3v) is 12.1. The fourth-order valence-electron chi connectivity index (χ4n) is 5.22. The van der Waals surface area contributed by atoms with Crippen LogP contribution in [0.1, 0.15) is 33.3 Å². The van der Waals surface area contributed by atoms with E-state index in [1.54, 1.807) is 0 Å². The van der Waals surface area contributed by atoms with E-state index < -0.39 is 32.9 Å². The molecule has 0 bridgehead atoms. The molecule has 0 radical (unpaired) electrons. The molecule has 1 saturated heterocycles. The van der Waals surface area contributed by atoms with Gasteiger partial charge in [0.2, 0.25) is 0 Å². The molecule has 1 fully saturated rings. The van der Waals surface area contributed by atoms with E-state index in [0.717, 1.165) is 15.9 Å². The van der Waals surface area contributed by atoms with E-state index in [1.165, 1.54) is 0 Å². The number of benzene rings is 3. The Kier molecular flexibility index (Phi) is 8.45. The predicted octanol–water partition coefficient (Wildman–Crippen LogP) is 3.86. The number of hydrogen-bond donors (Lipinski definition) is 2. The molecule has 1 aliphatic heterocycles. The van der Waals surface area contributed by atoms with Crippen molar-refractivity contribution in [2.24, 2.45) is 5.92 Å². The largest absolute Gasteiger partial charge is 0.394 e. The Morgan fingerprint density at radius 2 is 1.33 bits per heavy atom. The second kappa shape index (κ2) is 11.4. The molecule has 0 aliphatic carbocycles. The monoisotopic (exact) mass is 506 g/mol. The molecule has 36 heavy (non-hydrogen) atoms. The van der Waals surface area contributed by atoms with Gasteiger partial charge in [0.25, 0.3) is 8.32 Å². The molecule has 0 aromatic heterocycles. The summed E-state index contributed by atoms with van der Waals surface area (Å²) in [5.74, 6) is -0.270. The van der Waals surface area contributed by atoms with Crippen molar-refractivity contribution in [2.45, 2.75) is 63.9 Å². The summed E-state index contributed by atoms with van der Waals surface area (Å²) in [6.45, 7) is 8.68. The maximum Gasteiger partial charge on any atom is 0.264 e. The second-order valence-corrected chi connectivity index (χ2v) is 14.9. The first-order valence-electron chi connectivity index (χ1n) is 12.7. The van der Waals surface area contributed by atoms with Crippen LogP contribution in [0.15, 0.2) is 91.0 Å². The summed E-state index contributed by atoms with van der Waals surface area (Å²) in [4.78, 5) is 0. The average Bonchev–Trinajstić information content (AvgIpc) is 2.89. The highest BCUT2D eigenvalue weighted by Crippen LogP contribution is 2.40. The van der Waals surface area contributed by atoms with Gasteiger partial charge in [-0.2, -0.15) is 0 Å². The van der Waals surface area contributed by atoms with Crippen LogP contribution in [0.5, 0.6) is 0 Å². The summed E-state index contributed by atoms with van der Waals surface area (Å²) in [5.41, 5.74) is 1.02. The van der Waals surface area contributed by atoms with Crippen molar-refractivity contribution in [3.63, 3.8) is 0 Å². The smallest absolute Gasteiger partial charge is 0.264 e. The van der Waals surface area contributed by atoms with E-state index >= 15 is 0 Å². The van der Waals surface area contributed by atoms with Gasteiger partial charge >= 0.3 is 0 Å². The molecule has 0 saturated carbocycles. The van der Waals surface area contributed by atoms with Crippen molar-refractivity contribution < 1.29 is 24.1 Å². The number of hydrogen-bond acceptors (Lipinski definition) is 5. The summed E-state index contributed by atoms with van der Waals surface area (Å²) >= 11 is 0. The highest BCUT2D eigenvalue weighted by Gasteiger charge is 2.55. The lowest BCUT2D eigenvalue weighted by atomic mass is 9.92. The molecule has 1 aliphatic rings. The third-order valence-electron chi connectivity index (χ3n) is 7.15.